The van der Waals surface area contributed by atoms with Crippen molar-refractivity contribution in [1.82, 2.24) is 29.2 Å². The Bertz CT molecular complexity index is 1790. The fourth-order valence-electron chi connectivity index (χ4n) is 8.17. The van der Waals surface area contributed by atoms with Crippen molar-refractivity contribution in [2.45, 2.75) is 96.0 Å². The summed E-state index contributed by atoms with van der Waals surface area (Å²) in [5.41, 5.74) is 5.87. The van der Waals surface area contributed by atoms with E-state index in [1.165, 1.54) is 6.20 Å². The van der Waals surface area contributed by atoms with Crippen molar-refractivity contribution >= 4 is 23.6 Å². The van der Waals surface area contributed by atoms with Crippen molar-refractivity contribution in [3.8, 4) is 0 Å². The van der Waals surface area contributed by atoms with E-state index in [1.54, 1.807) is 11.0 Å². The fourth-order valence-corrected chi connectivity index (χ4v) is 8.36. The standard InChI is InChI=1S/C41H48ClFN6O3/c1-29-25-46(28-45-29)17-8-18-47(26-30-9-4-2-5-10-30)38(50)23-35-27-48(19-20-49(35)41(51)52-36-11-6-3-7-12-36)40-37-16-15-33(42)21-31(37)13-14-32-22-34(43)24-44-39(32)40/h2,4-5,9-10,15-16,21-22,24-25,28,35-36,40H,3,6-8,11-14,17-20,23,26-27H2,1H3/t35-,40-/m0/s1. The fraction of sp³-hybridized carbons (Fsp3) is 0.463. The van der Waals surface area contributed by atoms with Crippen LogP contribution in [0.3, 0.4) is 0 Å². The van der Waals surface area contributed by atoms with Gasteiger partial charge in [0.05, 0.1) is 36.0 Å². The number of imidazole rings is 1. The number of benzene rings is 2. The summed E-state index contributed by atoms with van der Waals surface area (Å²) >= 11 is 6.48. The number of carbonyl (C=O) groups excluding carboxylic acids is 2. The van der Waals surface area contributed by atoms with Crippen LogP contribution in [0.1, 0.15) is 84.6 Å². The highest BCUT2D eigenvalue weighted by molar-refractivity contribution is 6.30. The van der Waals surface area contributed by atoms with Crippen LogP contribution < -0.4 is 0 Å². The van der Waals surface area contributed by atoms with Crippen molar-refractivity contribution in [2.24, 2.45) is 0 Å². The first-order chi connectivity index (χ1) is 25.3. The van der Waals surface area contributed by atoms with Gasteiger partial charge in [-0.25, -0.2) is 14.2 Å². The third-order valence-electron chi connectivity index (χ3n) is 10.8. The molecule has 3 aliphatic rings. The first-order valence-corrected chi connectivity index (χ1v) is 19.1. The van der Waals surface area contributed by atoms with E-state index >= 15 is 0 Å². The molecule has 7 rings (SSSR count). The van der Waals surface area contributed by atoms with Gasteiger partial charge in [-0.1, -0.05) is 54.4 Å². The molecular formula is C41H48ClFN6O3. The first-order valence-electron chi connectivity index (χ1n) is 18.7. The van der Waals surface area contributed by atoms with Gasteiger partial charge in [0.25, 0.3) is 0 Å². The maximum absolute atomic E-state index is 14.5. The summed E-state index contributed by atoms with van der Waals surface area (Å²) in [6.45, 7) is 5.14. The summed E-state index contributed by atoms with van der Waals surface area (Å²) in [7, 11) is 0. The second-order valence-electron chi connectivity index (χ2n) is 14.5. The highest BCUT2D eigenvalue weighted by Gasteiger charge is 2.40. The molecule has 2 aliphatic carbocycles. The Hall–Kier alpha value is -4.28. The monoisotopic (exact) mass is 726 g/mol. The second-order valence-corrected chi connectivity index (χ2v) is 15.0. The van der Waals surface area contributed by atoms with E-state index in [-0.39, 0.29) is 36.4 Å². The molecule has 2 amide bonds. The van der Waals surface area contributed by atoms with Gasteiger partial charge < -0.3 is 19.1 Å². The van der Waals surface area contributed by atoms with Gasteiger partial charge in [-0.15, -0.1) is 0 Å². The van der Waals surface area contributed by atoms with Crippen LogP contribution in [0.5, 0.6) is 0 Å². The van der Waals surface area contributed by atoms with Gasteiger partial charge in [-0.2, -0.15) is 0 Å². The number of aromatic nitrogens is 3. The van der Waals surface area contributed by atoms with Gasteiger partial charge in [0.2, 0.25) is 5.91 Å². The average molecular weight is 727 g/mol. The molecule has 0 bridgehead atoms. The number of rotatable bonds is 10. The van der Waals surface area contributed by atoms with Gasteiger partial charge in [-0.3, -0.25) is 14.7 Å². The van der Waals surface area contributed by atoms with Crippen LogP contribution in [0.2, 0.25) is 5.02 Å². The number of pyridine rings is 1. The van der Waals surface area contributed by atoms with E-state index in [4.69, 9.17) is 16.3 Å². The molecule has 0 N–H and O–H groups in total. The number of ether oxygens (including phenoxy) is 1. The lowest BCUT2D eigenvalue weighted by Gasteiger charge is -2.44. The maximum Gasteiger partial charge on any atom is 0.410 e. The lowest BCUT2D eigenvalue weighted by atomic mass is 9.94. The lowest BCUT2D eigenvalue weighted by molar-refractivity contribution is -0.133. The lowest BCUT2D eigenvalue weighted by Crippen LogP contribution is -2.57. The zero-order chi connectivity index (χ0) is 36.0. The Morgan fingerprint density at radius 2 is 1.81 bits per heavy atom. The zero-order valence-electron chi connectivity index (χ0n) is 29.9. The smallest absolute Gasteiger partial charge is 0.410 e. The molecule has 1 saturated heterocycles. The average Bonchev–Trinajstić information content (AvgIpc) is 3.49. The number of fused-ring (bicyclic) bond motifs is 2. The molecule has 2 atom stereocenters. The Labute approximate surface area is 310 Å². The van der Waals surface area contributed by atoms with E-state index in [9.17, 15) is 14.0 Å². The Morgan fingerprint density at radius 1 is 1.00 bits per heavy atom. The van der Waals surface area contributed by atoms with E-state index < -0.39 is 6.04 Å². The molecule has 52 heavy (non-hydrogen) atoms. The molecule has 2 fully saturated rings. The summed E-state index contributed by atoms with van der Waals surface area (Å²) in [6, 6.07) is 16.9. The van der Waals surface area contributed by atoms with Crippen LogP contribution in [0.4, 0.5) is 9.18 Å². The maximum atomic E-state index is 14.5. The molecule has 0 unspecified atom stereocenters. The van der Waals surface area contributed by atoms with Crippen molar-refractivity contribution in [3.05, 3.63) is 118 Å². The Balaban J connectivity index is 1.17. The second kappa shape index (κ2) is 16.6. The number of hydrogen-bond acceptors (Lipinski definition) is 6. The van der Waals surface area contributed by atoms with Crippen LogP contribution in [0.25, 0.3) is 0 Å². The van der Waals surface area contributed by atoms with E-state index in [0.29, 0.717) is 50.6 Å². The summed E-state index contributed by atoms with van der Waals surface area (Å²) in [4.78, 5) is 43.5. The molecule has 2 aromatic carbocycles. The highest BCUT2D eigenvalue weighted by atomic mass is 35.5. The minimum absolute atomic E-state index is 0.0124. The molecule has 1 saturated carbocycles. The van der Waals surface area contributed by atoms with Crippen LogP contribution >= 0.6 is 11.6 Å². The SMILES string of the molecule is Cc1cn(CCCN(Cc2ccccc2)C(=O)C[C@H]2CN([C@H]3c4ccc(Cl)cc4CCc4cc(F)cnc43)CCN2C(=O)OC2CCCCC2)cn1. The molecule has 274 valence electrons. The van der Waals surface area contributed by atoms with E-state index in [2.05, 4.69) is 25.5 Å². The predicted molar refractivity (Wildman–Crippen MR) is 198 cm³/mol. The molecule has 0 radical (unpaired) electrons. The van der Waals surface area contributed by atoms with Crippen molar-refractivity contribution < 1.29 is 18.7 Å². The third-order valence-corrected chi connectivity index (χ3v) is 11.0. The zero-order valence-corrected chi connectivity index (χ0v) is 30.7. The molecule has 11 heteroatoms. The third kappa shape index (κ3) is 8.67. The summed E-state index contributed by atoms with van der Waals surface area (Å²) in [6.07, 6.45) is 12.0. The summed E-state index contributed by atoms with van der Waals surface area (Å²) < 4.78 is 22.7. The van der Waals surface area contributed by atoms with Crippen LogP contribution in [-0.4, -0.2) is 79.6 Å². The topological polar surface area (TPSA) is 83.8 Å². The number of carbonyl (C=O) groups is 2. The molecule has 3 heterocycles. The van der Waals surface area contributed by atoms with Crippen molar-refractivity contribution in [2.75, 3.05) is 26.2 Å². The number of nitrogens with zero attached hydrogens (tertiary/aromatic N) is 6. The number of halogens is 2. The number of piperazine rings is 1. The van der Waals surface area contributed by atoms with Gasteiger partial charge >= 0.3 is 6.09 Å². The summed E-state index contributed by atoms with van der Waals surface area (Å²) in [5, 5.41) is 0.656. The van der Waals surface area contributed by atoms with Crippen molar-refractivity contribution in [1.29, 1.82) is 0 Å². The molecule has 9 nitrogen and oxygen atoms in total. The molecule has 1 aliphatic heterocycles. The van der Waals surface area contributed by atoms with E-state index in [1.807, 2.05) is 66.8 Å². The van der Waals surface area contributed by atoms with Gasteiger partial charge in [0, 0.05) is 56.9 Å². The van der Waals surface area contributed by atoms with Crippen molar-refractivity contribution in [3.63, 3.8) is 0 Å². The Kier molecular flexibility index (Phi) is 11.5. The number of amides is 2. The normalized spacial score (nSPS) is 19.4. The van der Waals surface area contributed by atoms with Crippen LogP contribution in [-0.2, 0) is 35.5 Å². The number of hydrogen-bond donors (Lipinski definition) is 0. The number of aryl methyl sites for hydroxylation is 4. The molecular weight excluding hydrogens is 679 g/mol. The quantitative estimate of drug-likeness (QED) is 0.168. The molecule has 0 spiro atoms. The summed E-state index contributed by atoms with van der Waals surface area (Å²) in [5.74, 6) is -0.372. The van der Waals surface area contributed by atoms with Gasteiger partial charge in [0.15, 0.2) is 0 Å². The van der Waals surface area contributed by atoms with E-state index in [0.717, 1.165) is 78.7 Å². The molecule has 2 aromatic heterocycles. The minimum atomic E-state index is -0.435. The highest BCUT2D eigenvalue weighted by Crippen LogP contribution is 2.38. The predicted octanol–water partition coefficient (Wildman–Crippen LogP) is 7.53. The van der Waals surface area contributed by atoms with Gasteiger partial charge in [0.1, 0.15) is 11.9 Å². The first kappa shape index (κ1) is 36.1. The Morgan fingerprint density at radius 3 is 2.60 bits per heavy atom. The largest absolute Gasteiger partial charge is 0.446 e. The molecule has 4 aromatic rings. The minimum Gasteiger partial charge on any atom is -0.446 e. The van der Waals surface area contributed by atoms with Crippen LogP contribution in [0, 0.1) is 12.7 Å². The van der Waals surface area contributed by atoms with Crippen LogP contribution in [0.15, 0.2) is 73.3 Å². The van der Waals surface area contributed by atoms with Gasteiger partial charge in [-0.05, 0) is 92.3 Å².